The minimum absolute atomic E-state index is 0.0852. The summed E-state index contributed by atoms with van der Waals surface area (Å²) in [6.45, 7) is 0.531. The van der Waals surface area contributed by atoms with Gasteiger partial charge in [-0.05, 0) is 25.2 Å². The third kappa shape index (κ3) is 3.65. The van der Waals surface area contributed by atoms with Crippen molar-refractivity contribution in [3.8, 4) is 10.9 Å². The van der Waals surface area contributed by atoms with Gasteiger partial charge in [0.25, 0.3) is 5.19 Å². The maximum absolute atomic E-state index is 12.5. The van der Waals surface area contributed by atoms with Crippen LogP contribution in [-0.2, 0) is 12.7 Å². The van der Waals surface area contributed by atoms with Crippen LogP contribution in [-0.4, -0.2) is 17.2 Å². The van der Waals surface area contributed by atoms with Crippen LogP contribution in [0.1, 0.15) is 10.6 Å². The van der Waals surface area contributed by atoms with Crippen molar-refractivity contribution in [2.75, 3.05) is 7.05 Å². The number of alkyl halides is 3. The summed E-state index contributed by atoms with van der Waals surface area (Å²) in [5.41, 5.74) is -0.759. The lowest BCUT2D eigenvalue weighted by atomic mass is 10.2. The Balaban J connectivity index is 2.14. The molecular weight excluding hydrogens is 279 g/mol. The average Bonchev–Trinajstić information content (AvgIpc) is 2.76. The van der Waals surface area contributed by atoms with Gasteiger partial charge in [0, 0.05) is 6.54 Å². The predicted molar refractivity (Wildman–Crippen MR) is 64.2 cm³/mol. The largest absolute Gasteiger partial charge is 0.430 e. The van der Waals surface area contributed by atoms with E-state index in [0.29, 0.717) is 11.6 Å². The lowest BCUT2D eigenvalue weighted by Crippen LogP contribution is -2.04. The van der Waals surface area contributed by atoms with E-state index in [2.05, 4.69) is 15.5 Å². The maximum atomic E-state index is 12.5. The quantitative estimate of drug-likeness (QED) is 0.939. The summed E-state index contributed by atoms with van der Waals surface area (Å²) in [4.78, 5) is 0. The van der Waals surface area contributed by atoms with Crippen LogP contribution in [0.4, 0.5) is 13.2 Å². The van der Waals surface area contributed by atoms with E-state index in [1.165, 1.54) is 23.5 Å². The number of aromatic nitrogens is 2. The standard InChI is InChI=1S/C11H10F3N3OS/c1-15-6-9-16-17-10(19-9)18-8-4-2-3-7(5-8)11(12,13)14/h2-5,15H,6H2,1H3. The van der Waals surface area contributed by atoms with E-state index in [1.54, 1.807) is 7.05 Å². The molecule has 8 heteroatoms. The smallest absolute Gasteiger partial charge is 0.416 e. The summed E-state index contributed by atoms with van der Waals surface area (Å²) < 4.78 is 42.8. The molecule has 0 saturated carbocycles. The second-order valence-corrected chi connectivity index (χ2v) is 4.64. The van der Waals surface area contributed by atoms with Crippen molar-refractivity contribution in [2.45, 2.75) is 12.7 Å². The van der Waals surface area contributed by atoms with Crippen LogP contribution in [0, 0.1) is 0 Å². The van der Waals surface area contributed by atoms with Gasteiger partial charge in [0.2, 0.25) is 0 Å². The summed E-state index contributed by atoms with van der Waals surface area (Å²) in [6, 6.07) is 4.64. The average molecular weight is 289 g/mol. The lowest BCUT2D eigenvalue weighted by Gasteiger charge is -2.07. The zero-order valence-corrected chi connectivity index (χ0v) is 10.7. The molecule has 0 saturated heterocycles. The molecule has 0 fully saturated rings. The van der Waals surface area contributed by atoms with Gasteiger partial charge in [-0.25, -0.2) is 0 Å². The number of rotatable bonds is 4. The number of halogens is 3. The van der Waals surface area contributed by atoms with Crippen LogP contribution < -0.4 is 10.1 Å². The molecule has 1 aromatic carbocycles. The molecule has 2 aromatic rings. The first-order chi connectivity index (χ1) is 8.99. The molecule has 0 aliphatic rings. The number of benzene rings is 1. The Hall–Kier alpha value is -1.67. The first-order valence-electron chi connectivity index (χ1n) is 5.31. The number of hydrogen-bond acceptors (Lipinski definition) is 5. The molecule has 0 aliphatic heterocycles. The molecule has 0 amide bonds. The zero-order chi connectivity index (χ0) is 13.9. The van der Waals surface area contributed by atoms with Crippen molar-refractivity contribution in [2.24, 2.45) is 0 Å². The summed E-state index contributed by atoms with van der Waals surface area (Å²) in [5.74, 6) is 0.0852. The zero-order valence-electron chi connectivity index (χ0n) is 9.86. The van der Waals surface area contributed by atoms with E-state index in [9.17, 15) is 13.2 Å². The highest BCUT2D eigenvalue weighted by Gasteiger charge is 2.30. The van der Waals surface area contributed by atoms with Crippen molar-refractivity contribution in [3.05, 3.63) is 34.8 Å². The molecule has 102 valence electrons. The van der Waals surface area contributed by atoms with Gasteiger partial charge in [0.05, 0.1) is 5.56 Å². The van der Waals surface area contributed by atoms with Gasteiger partial charge < -0.3 is 10.1 Å². The topological polar surface area (TPSA) is 47.0 Å². The van der Waals surface area contributed by atoms with Gasteiger partial charge in [-0.1, -0.05) is 22.5 Å². The molecule has 1 N–H and O–H groups in total. The van der Waals surface area contributed by atoms with Gasteiger partial charge >= 0.3 is 6.18 Å². The Morgan fingerprint density at radius 2 is 2.11 bits per heavy atom. The summed E-state index contributed by atoms with van der Waals surface area (Å²) in [5, 5.41) is 11.4. The number of nitrogens with zero attached hydrogens (tertiary/aromatic N) is 2. The van der Waals surface area contributed by atoms with Gasteiger partial charge in [0.15, 0.2) is 0 Å². The van der Waals surface area contributed by atoms with Crippen molar-refractivity contribution in [1.29, 1.82) is 0 Å². The van der Waals surface area contributed by atoms with E-state index in [-0.39, 0.29) is 10.9 Å². The third-order valence-electron chi connectivity index (χ3n) is 2.14. The van der Waals surface area contributed by atoms with Gasteiger partial charge in [-0.2, -0.15) is 13.2 Å². The summed E-state index contributed by atoms with van der Waals surface area (Å²) in [7, 11) is 1.76. The predicted octanol–water partition coefficient (Wildman–Crippen LogP) is 3.07. The van der Waals surface area contributed by atoms with Crippen LogP contribution in [0.15, 0.2) is 24.3 Å². The Kier molecular flexibility index (Phi) is 4.01. The number of ether oxygens (including phenoxy) is 1. The van der Waals surface area contributed by atoms with Gasteiger partial charge in [-0.3, -0.25) is 0 Å². The second-order valence-electron chi connectivity index (χ2n) is 3.62. The highest BCUT2D eigenvalue weighted by molar-refractivity contribution is 7.13. The highest BCUT2D eigenvalue weighted by atomic mass is 32.1. The second kappa shape index (κ2) is 5.54. The molecule has 0 atom stereocenters. The van der Waals surface area contributed by atoms with E-state index >= 15 is 0 Å². The third-order valence-corrected chi connectivity index (χ3v) is 2.94. The molecule has 1 heterocycles. The lowest BCUT2D eigenvalue weighted by molar-refractivity contribution is -0.137. The van der Waals surface area contributed by atoms with E-state index < -0.39 is 11.7 Å². The van der Waals surface area contributed by atoms with E-state index in [0.717, 1.165) is 12.1 Å². The molecule has 2 rings (SSSR count). The molecule has 1 aromatic heterocycles. The van der Waals surface area contributed by atoms with Crippen molar-refractivity contribution in [1.82, 2.24) is 15.5 Å². The maximum Gasteiger partial charge on any atom is 0.416 e. The summed E-state index contributed by atoms with van der Waals surface area (Å²) >= 11 is 1.18. The Morgan fingerprint density at radius 1 is 1.32 bits per heavy atom. The summed E-state index contributed by atoms with van der Waals surface area (Å²) in [6.07, 6.45) is -4.39. The van der Waals surface area contributed by atoms with Crippen molar-refractivity contribution < 1.29 is 17.9 Å². The minimum atomic E-state index is -4.39. The SMILES string of the molecule is CNCc1nnc(Oc2cccc(C(F)(F)F)c2)s1. The fourth-order valence-electron chi connectivity index (χ4n) is 1.34. The number of hydrogen-bond donors (Lipinski definition) is 1. The van der Waals surface area contributed by atoms with Crippen LogP contribution in [0.2, 0.25) is 0 Å². The molecule has 0 unspecified atom stereocenters. The highest BCUT2D eigenvalue weighted by Crippen LogP contribution is 2.33. The Labute approximate surface area is 111 Å². The fraction of sp³-hybridized carbons (Fsp3) is 0.273. The Bertz CT molecular complexity index is 556. The normalized spacial score (nSPS) is 11.6. The van der Waals surface area contributed by atoms with Gasteiger partial charge in [-0.15, -0.1) is 5.10 Å². The molecule has 0 spiro atoms. The molecule has 19 heavy (non-hydrogen) atoms. The van der Waals surface area contributed by atoms with E-state index in [1.807, 2.05) is 0 Å². The van der Waals surface area contributed by atoms with Crippen molar-refractivity contribution >= 4 is 11.3 Å². The molecule has 0 bridgehead atoms. The fourth-order valence-corrected chi connectivity index (χ4v) is 2.06. The van der Waals surface area contributed by atoms with Crippen molar-refractivity contribution in [3.63, 3.8) is 0 Å². The molecule has 0 aliphatic carbocycles. The first kappa shape index (κ1) is 13.8. The van der Waals surface area contributed by atoms with Crippen LogP contribution in [0.3, 0.4) is 0 Å². The monoisotopic (exact) mass is 289 g/mol. The molecule has 4 nitrogen and oxygen atoms in total. The number of nitrogens with one attached hydrogen (secondary N) is 1. The minimum Gasteiger partial charge on any atom is -0.430 e. The van der Waals surface area contributed by atoms with Crippen LogP contribution in [0.25, 0.3) is 0 Å². The van der Waals surface area contributed by atoms with E-state index in [4.69, 9.17) is 4.74 Å². The van der Waals surface area contributed by atoms with Crippen LogP contribution in [0.5, 0.6) is 10.9 Å². The molecular formula is C11H10F3N3OS. The molecule has 0 radical (unpaired) electrons. The first-order valence-corrected chi connectivity index (χ1v) is 6.13. The Morgan fingerprint density at radius 3 is 2.79 bits per heavy atom. The van der Waals surface area contributed by atoms with Gasteiger partial charge in [0.1, 0.15) is 10.8 Å². The van der Waals surface area contributed by atoms with Crippen LogP contribution >= 0.6 is 11.3 Å².